The summed E-state index contributed by atoms with van der Waals surface area (Å²) in [5, 5.41) is 5.14. The summed E-state index contributed by atoms with van der Waals surface area (Å²) in [6.45, 7) is 6.03. The van der Waals surface area contributed by atoms with E-state index < -0.39 is 0 Å². The Morgan fingerprint density at radius 2 is 2.00 bits per heavy atom. The van der Waals surface area contributed by atoms with Crippen molar-refractivity contribution in [2.24, 2.45) is 0 Å². The summed E-state index contributed by atoms with van der Waals surface area (Å²) >= 11 is 13.1. The number of Topliss-reactive ketones (excluding diaryl/α,β-unsaturated/α-hetero) is 1. The van der Waals surface area contributed by atoms with Crippen LogP contribution in [-0.4, -0.2) is 15.4 Å². The summed E-state index contributed by atoms with van der Waals surface area (Å²) in [5.74, 6) is -0.0193. The fourth-order valence-electron chi connectivity index (χ4n) is 1.78. The van der Waals surface area contributed by atoms with E-state index in [1.165, 1.54) is 0 Å². The number of ketones is 1. The number of aromatic nitrogens is 2. The number of carbonyl (C=O) groups excluding carboxylic acids is 1. The maximum absolute atomic E-state index is 12.4. The lowest BCUT2D eigenvalue weighted by molar-refractivity contribution is 0.0994. The number of nitrogens with zero attached hydrogens (tertiary/aromatic N) is 2. The molecule has 0 saturated carbocycles. The van der Waals surface area contributed by atoms with Gasteiger partial charge in [-0.2, -0.15) is 0 Å². The fourth-order valence-corrected chi connectivity index (χ4v) is 3.07. The van der Waals surface area contributed by atoms with Crippen LogP contribution < -0.4 is 0 Å². The number of hydrogen-bond acceptors (Lipinski definition) is 4. The van der Waals surface area contributed by atoms with Gasteiger partial charge in [-0.1, -0.05) is 54.5 Å². The second kappa shape index (κ2) is 5.80. The van der Waals surface area contributed by atoms with Crippen LogP contribution in [0.5, 0.6) is 0 Å². The normalized spacial score (nSPS) is 11.7. The van der Waals surface area contributed by atoms with Crippen molar-refractivity contribution in [2.75, 3.05) is 0 Å². The predicted octanol–water partition coefficient (Wildman–Crippen LogP) is 4.57. The molecule has 2 aromatic rings. The van der Waals surface area contributed by atoms with Crippen molar-refractivity contribution in [3.8, 4) is 0 Å². The van der Waals surface area contributed by atoms with Crippen LogP contribution in [0.4, 0.5) is 0 Å². The summed E-state index contributed by atoms with van der Waals surface area (Å²) in [4.78, 5) is 13.0. The van der Waals surface area contributed by atoms with Crippen molar-refractivity contribution in [3.63, 3.8) is 0 Å². The van der Waals surface area contributed by atoms with Crippen LogP contribution >= 0.6 is 34.7 Å². The zero-order chi connectivity index (χ0) is 14.9. The van der Waals surface area contributed by atoms with Gasteiger partial charge in [0.25, 0.3) is 0 Å². The maximum atomic E-state index is 12.4. The first-order chi connectivity index (χ1) is 9.29. The quantitative estimate of drug-likeness (QED) is 0.775. The molecule has 0 bridgehead atoms. The topological polar surface area (TPSA) is 42.9 Å². The predicted molar refractivity (Wildman–Crippen MR) is 83.1 cm³/mol. The first-order valence-corrected chi connectivity index (χ1v) is 7.62. The molecule has 0 aliphatic carbocycles. The highest BCUT2D eigenvalue weighted by Gasteiger charge is 2.26. The molecule has 0 aliphatic heterocycles. The number of rotatable bonds is 3. The number of benzene rings is 1. The summed E-state index contributed by atoms with van der Waals surface area (Å²) in [5.41, 5.74) is 1.29. The SMILES string of the molecule is CC(C)(C)c1nnsc1C(=O)Cc1ccc(Cl)cc1Cl. The van der Waals surface area contributed by atoms with Gasteiger partial charge in [-0.3, -0.25) is 4.79 Å². The van der Waals surface area contributed by atoms with Gasteiger partial charge in [0.05, 0.1) is 5.69 Å². The van der Waals surface area contributed by atoms with Gasteiger partial charge in [0.15, 0.2) is 5.78 Å². The van der Waals surface area contributed by atoms with Crippen molar-refractivity contribution in [1.82, 2.24) is 9.59 Å². The molecule has 106 valence electrons. The lowest BCUT2D eigenvalue weighted by atomic mass is 9.90. The minimum atomic E-state index is -0.207. The molecule has 1 aromatic carbocycles. The van der Waals surface area contributed by atoms with Gasteiger partial charge in [-0.05, 0) is 29.2 Å². The van der Waals surface area contributed by atoms with Crippen LogP contribution in [0.3, 0.4) is 0 Å². The first-order valence-electron chi connectivity index (χ1n) is 6.09. The second-order valence-electron chi connectivity index (χ2n) is 5.54. The van der Waals surface area contributed by atoms with Gasteiger partial charge < -0.3 is 0 Å². The van der Waals surface area contributed by atoms with E-state index in [1.807, 2.05) is 20.8 Å². The number of hydrogen-bond donors (Lipinski definition) is 0. The van der Waals surface area contributed by atoms with Crippen LogP contribution in [0, 0.1) is 0 Å². The molecule has 1 aromatic heterocycles. The van der Waals surface area contributed by atoms with Crippen LogP contribution in [0.25, 0.3) is 0 Å². The van der Waals surface area contributed by atoms with E-state index in [1.54, 1.807) is 18.2 Å². The molecule has 1 heterocycles. The van der Waals surface area contributed by atoms with Gasteiger partial charge in [0.1, 0.15) is 4.88 Å². The molecule has 0 radical (unpaired) electrons. The highest BCUT2D eigenvalue weighted by atomic mass is 35.5. The molecule has 3 nitrogen and oxygen atoms in total. The van der Waals surface area contributed by atoms with Gasteiger partial charge in [0.2, 0.25) is 0 Å². The highest BCUT2D eigenvalue weighted by molar-refractivity contribution is 7.08. The van der Waals surface area contributed by atoms with Gasteiger partial charge in [-0.25, -0.2) is 0 Å². The molecule has 0 unspecified atom stereocenters. The minimum Gasteiger partial charge on any atom is -0.293 e. The first kappa shape index (κ1) is 15.4. The van der Waals surface area contributed by atoms with Gasteiger partial charge >= 0.3 is 0 Å². The lowest BCUT2D eigenvalue weighted by Gasteiger charge is -2.16. The molecular formula is C14H14Cl2N2OS. The molecule has 2 rings (SSSR count). The van der Waals surface area contributed by atoms with Crippen molar-refractivity contribution in [1.29, 1.82) is 0 Å². The lowest BCUT2D eigenvalue weighted by Crippen LogP contribution is -2.17. The Kier molecular flexibility index (Phi) is 4.47. The third-order valence-electron chi connectivity index (χ3n) is 2.82. The highest BCUT2D eigenvalue weighted by Crippen LogP contribution is 2.28. The Morgan fingerprint density at radius 3 is 2.60 bits per heavy atom. The van der Waals surface area contributed by atoms with Crippen LogP contribution in [0.1, 0.15) is 41.7 Å². The van der Waals surface area contributed by atoms with Crippen LogP contribution in [0.15, 0.2) is 18.2 Å². The summed E-state index contributed by atoms with van der Waals surface area (Å²) in [6.07, 6.45) is 0.225. The zero-order valence-corrected chi connectivity index (χ0v) is 13.7. The Hall–Kier alpha value is -0.970. The molecule has 20 heavy (non-hydrogen) atoms. The largest absolute Gasteiger partial charge is 0.293 e. The minimum absolute atomic E-state index is 0.0193. The Bertz CT molecular complexity index is 647. The summed E-state index contributed by atoms with van der Waals surface area (Å²) in [7, 11) is 0. The van der Waals surface area contributed by atoms with Crippen molar-refractivity contribution in [2.45, 2.75) is 32.6 Å². The average molecular weight is 329 g/mol. The van der Waals surface area contributed by atoms with Crippen LogP contribution in [-0.2, 0) is 11.8 Å². The summed E-state index contributed by atoms with van der Waals surface area (Å²) in [6, 6.07) is 5.14. The monoisotopic (exact) mass is 328 g/mol. The van der Waals surface area contributed by atoms with Crippen molar-refractivity contribution >= 4 is 40.5 Å². The van der Waals surface area contributed by atoms with Gasteiger partial charge in [-0.15, -0.1) is 5.10 Å². The Labute approximate surface area is 132 Å². The van der Waals surface area contributed by atoms with Crippen LogP contribution in [0.2, 0.25) is 10.0 Å². The maximum Gasteiger partial charge on any atom is 0.180 e. The molecule has 6 heteroatoms. The summed E-state index contributed by atoms with van der Waals surface area (Å²) < 4.78 is 3.90. The molecule has 0 fully saturated rings. The second-order valence-corrected chi connectivity index (χ2v) is 7.13. The van der Waals surface area contributed by atoms with Crippen molar-refractivity contribution < 1.29 is 4.79 Å². The fraction of sp³-hybridized carbons (Fsp3) is 0.357. The van der Waals surface area contributed by atoms with E-state index in [-0.39, 0.29) is 17.6 Å². The smallest absolute Gasteiger partial charge is 0.180 e. The average Bonchev–Trinajstić information content (AvgIpc) is 2.81. The molecule has 0 amide bonds. The Morgan fingerprint density at radius 1 is 1.30 bits per heavy atom. The standard InChI is InChI=1S/C14H14Cl2N2OS/c1-14(2,3)13-12(20-18-17-13)11(19)6-8-4-5-9(15)7-10(8)16/h4-5,7H,6H2,1-3H3. The van der Waals surface area contributed by atoms with Gasteiger partial charge in [0, 0.05) is 21.9 Å². The molecule has 0 atom stereocenters. The van der Waals surface area contributed by atoms with E-state index in [0.717, 1.165) is 22.8 Å². The van der Waals surface area contributed by atoms with E-state index in [9.17, 15) is 4.79 Å². The molecule has 0 N–H and O–H groups in total. The number of carbonyl (C=O) groups is 1. The van der Waals surface area contributed by atoms with E-state index in [2.05, 4.69) is 9.59 Å². The van der Waals surface area contributed by atoms with E-state index >= 15 is 0 Å². The molecular weight excluding hydrogens is 315 g/mol. The van der Waals surface area contributed by atoms with E-state index in [4.69, 9.17) is 23.2 Å². The third-order valence-corrected chi connectivity index (χ3v) is 4.17. The molecule has 0 aliphatic rings. The van der Waals surface area contributed by atoms with E-state index in [0.29, 0.717) is 14.9 Å². The third kappa shape index (κ3) is 3.37. The molecule has 0 spiro atoms. The van der Waals surface area contributed by atoms with Crippen molar-refractivity contribution in [3.05, 3.63) is 44.4 Å². The Balaban J connectivity index is 2.27. The zero-order valence-electron chi connectivity index (χ0n) is 11.4. The molecule has 0 saturated heterocycles. The number of halogens is 2.